The maximum absolute atomic E-state index is 13.3. The highest BCUT2D eigenvalue weighted by Gasteiger charge is 2.37. The highest BCUT2D eigenvalue weighted by molar-refractivity contribution is 5.95. The molecule has 0 aliphatic rings. The lowest BCUT2D eigenvalue weighted by molar-refractivity contribution is -0.143. The average molecular weight is 470 g/mol. The Labute approximate surface area is 185 Å². The molecule has 0 radical (unpaired) electrons. The Bertz CT molecular complexity index is 1150. The summed E-state index contributed by atoms with van der Waals surface area (Å²) in [6, 6.07) is 9.63. The number of amides is 1. The summed E-state index contributed by atoms with van der Waals surface area (Å²) in [6.07, 6.45) is -9.60. The largest absolute Gasteiger partial charge is 0.497 e. The molecular weight excluding hydrogens is 450 g/mol. The van der Waals surface area contributed by atoms with Crippen molar-refractivity contribution in [2.45, 2.75) is 32.2 Å². The van der Waals surface area contributed by atoms with Crippen molar-refractivity contribution >= 4 is 5.91 Å². The number of hydrogen-bond donors (Lipinski definition) is 1. The van der Waals surface area contributed by atoms with Crippen LogP contribution in [0.2, 0.25) is 0 Å². The van der Waals surface area contributed by atoms with Gasteiger partial charge in [0.15, 0.2) is 0 Å². The Morgan fingerprint density at radius 2 is 1.58 bits per heavy atom. The van der Waals surface area contributed by atoms with Crippen LogP contribution in [0.3, 0.4) is 0 Å². The number of aryl methyl sites for hydroxylation is 1. The van der Waals surface area contributed by atoms with E-state index in [0.717, 1.165) is 5.56 Å². The number of nitrogens with zero attached hydrogens (tertiary/aromatic N) is 1. The van der Waals surface area contributed by atoms with E-state index in [1.807, 2.05) is 6.07 Å². The van der Waals surface area contributed by atoms with Gasteiger partial charge in [-0.2, -0.15) is 26.3 Å². The van der Waals surface area contributed by atoms with Crippen molar-refractivity contribution in [1.82, 2.24) is 4.57 Å². The number of halogens is 6. The molecule has 0 aliphatic heterocycles. The zero-order valence-electron chi connectivity index (χ0n) is 17.6. The van der Waals surface area contributed by atoms with Crippen molar-refractivity contribution in [2.75, 3.05) is 7.11 Å². The molecule has 0 fully saturated rings. The molecule has 1 heterocycles. The summed E-state index contributed by atoms with van der Waals surface area (Å²) in [5.74, 6) is -0.237. The second kappa shape index (κ2) is 8.84. The van der Waals surface area contributed by atoms with Crippen LogP contribution in [-0.2, 0) is 25.3 Å². The van der Waals surface area contributed by atoms with Gasteiger partial charge in [0.25, 0.3) is 5.91 Å². The van der Waals surface area contributed by atoms with Crippen molar-refractivity contribution in [3.8, 4) is 17.0 Å². The number of primary amides is 1. The molecular formula is C23H20F6N2O2. The SMILES string of the molecule is COc1cccc(CCn2c(-c3cc(C(F)(F)F)cc(C(F)(F)F)c3)cc(C(N)=O)c2C)c1. The van der Waals surface area contributed by atoms with E-state index in [2.05, 4.69) is 0 Å². The second-order valence-corrected chi connectivity index (χ2v) is 7.44. The molecule has 4 nitrogen and oxygen atoms in total. The lowest BCUT2D eigenvalue weighted by Gasteiger charge is -2.17. The first-order valence-electron chi connectivity index (χ1n) is 9.74. The van der Waals surface area contributed by atoms with E-state index in [-0.39, 0.29) is 29.4 Å². The number of aromatic nitrogens is 1. The molecule has 3 aromatic rings. The quantitative estimate of drug-likeness (QED) is 0.460. The molecule has 0 saturated heterocycles. The maximum Gasteiger partial charge on any atom is 0.416 e. The normalized spacial score (nSPS) is 12.1. The van der Waals surface area contributed by atoms with E-state index in [0.29, 0.717) is 30.0 Å². The summed E-state index contributed by atoms with van der Waals surface area (Å²) in [7, 11) is 1.50. The van der Waals surface area contributed by atoms with E-state index >= 15 is 0 Å². The van der Waals surface area contributed by atoms with Crippen molar-refractivity contribution in [2.24, 2.45) is 5.73 Å². The molecule has 33 heavy (non-hydrogen) atoms. The molecule has 0 saturated carbocycles. The molecule has 10 heteroatoms. The van der Waals surface area contributed by atoms with Crippen LogP contribution in [0.5, 0.6) is 5.75 Å². The van der Waals surface area contributed by atoms with Crippen LogP contribution < -0.4 is 10.5 Å². The lowest BCUT2D eigenvalue weighted by atomic mass is 10.0. The van der Waals surface area contributed by atoms with E-state index in [9.17, 15) is 31.1 Å². The minimum Gasteiger partial charge on any atom is -0.497 e. The first-order valence-corrected chi connectivity index (χ1v) is 9.74. The van der Waals surface area contributed by atoms with E-state index < -0.39 is 29.4 Å². The van der Waals surface area contributed by atoms with Crippen molar-refractivity contribution in [3.05, 3.63) is 76.5 Å². The van der Waals surface area contributed by atoms with Gasteiger partial charge in [-0.05, 0) is 60.9 Å². The van der Waals surface area contributed by atoms with Crippen LogP contribution in [0.1, 0.15) is 32.7 Å². The highest BCUT2D eigenvalue weighted by atomic mass is 19.4. The number of ether oxygens (including phenoxy) is 1. The number of rotatable bonds is 6. The number of hydrogen-bond acceptors (Lipinski definition) is 2. The first kappa shape index (κ1) is 24.2. The van der Waals surface area contributed by atoms with Crippen LogP contribution in [0.25, 0.3) is 11.3 Å². The van der Waals surface area contributed by atoms with Gasteiger partial charge in [-0.3, -0.25) is 4.79 Å². The topological polar surface area (TPSA) is 57.2 Å². The van der Waals surface area contributed by atoms with Crippen molar-refractivity contribution < 1.29 is 35.9 Å². The molecule has 2 aromatic carbocycles. The number of carbonyl (C=O) groups is 1. The molecule has 0 spiro atoms. The van der Waals surface area contributed by atoms with Gasteiger partial charge in [-0.25, -0.2) is 0 Å². The molecule has 0 unspecified atom stereocenters. The fourth-order valence-electron chi connectivity index (χ4n) is 3.59. The number of benzene rings is 2. The van der Waals surface area contributed by atoms with Gasteiger partial charge in [-0.1, -0.05) is 12.1 Å². The maximum atomic E-state index is 13.3. The molecule has 0 aliphatic carbocycles. The van der Waals surface area contributed by atoms with Crippen LogP contribution >= 0.6 is 0 Å². The van der Waals surface area contributed by atoms with Crippen LogP contribution in [0.15, 0.2) is 48.5 Å². The predicted molar refractivity (Wildman–Crippen MR) is 110 cm³/mol. The molecule has 0 bridgehead atoms. The fraction of sp³-hybridized carbons (Fsp3) is 0.261. The smallest absolute Gasteiger partial charge is 0.416 e. The van der Waals surface area contributed by atoms with Crippen molar-refractivity contribution in [1.29, 1.82) is 0 Å². The van der Waals surface area contributed by atoms with Gasteiger partial charge < -0.3 is 15.0 Å². The third kappa shape index (κ3) is 5.32. The third-order valence-corrected chi connectivity index (χ3v) is 5.27. The molecule has 3 rings (SSSR count). The average Bonchev–Trinajstić information content (AvgIpc) is 3.07. The summed E-state index contributed by atoms with van der Waals surface area (Å²) in [5.41, 5.74) is 3.40. The monoisotopic (exact) mass is 470 g/mol. The first-order chi connectivity index (χ1) is 15.3. The number of alkyl halides is 6. The Morgan fingerprint density at radius 3 is 2.09 bits per heavy atom. The van der Waals surface area contributed by atoms with Gasteiger partial charge in [-0.15, -0.1) is 0 Å². The van der Waals surface area contributed by atoms with Crippen LogP contribution in [-0.4, -0.2) is 17.6 Å². The van der Waals surface area contributed by atoms with Crippen LogP contribution in [0, 0.1) is 6.92 Å². The molecule has 2 N–H and O–H groups in total. The van der Waals surface area contributed by atoms with E-state index in [1.165, 1.54) is 24.7 Å². The van der Waals surface area contributed by atoms with Gasteiger partial charge >= 0.3 is 12.4 Å². The third-order valence-electron chi connectivity index (χ3n) is 5.27. The highest BCUT2D eigenvalue weighted by Crippen LogP contribution is 2.39. The Hall–Kier alpha value is -3.43. The van der Waals surface area contributed by atoms with E-state index in [4.69, 9.17) is 10.5 Å². The zero-order valence-corrected chi connectivity index (χ0v) is 17.6. The summed E-state index contributed by atoms with van der Waals surface area (Å²) in [4.78, 5) is 11.9. The molecule has 1 amide bonds. The summed E-state index contributed by atoms with van der Waals surface area (Å²) in [6.45, 7) is 1.71. The van der Waals surface area contributed by atoms with Gasteiger partial charge in [0.05, 0.1) is 23.8 Å². The minimum atomic E-state index is -4.99. The predicted octanol–water partition coefficient (Wildman–Crippen LogP) is 5.85. The minimum absolute atomic E-state index is 0.0154. The number of nitrogens with two attached hydrogens (primary N) is 1. The summed E-state index contributed by atoms with van der Waals surface area (Å²) >= 11 is 0. The Balaban J connectivity index is 2.14. The summed E-state index contributed by atoms with van der Waals surface area (Å²) < 4.78 is 86.7. The van der Waals surface area contributed by atoms with Crippen LogP contribution in [0.4, 0.5) is 26.3 Å². The Kier molecular flexibility index (Phi) is 6.49. The van der Waals surface area contributed by atoms with E-state index in [1.54, 1.807) is 18.2 Å². The molecule has 176 valence electrons. The molecule has 0 atom stereocenters. The van der Waals surface area contributed by atoms with Gasteiger partial charge in [0, 0.05) is 17.9 Å². The Morgan fingerprint density at radius 1 is 0.970 bits per heavy atom. The standard InChI is InChI=1S/C23H20F6N2O2/c1-13-19(21(30)32)12-20(31(13)7-6-14-4-3-5-18(8-14)33-2)15-9-16(22(24,25)26)11-17(10-15)23(27,28)29/h3-5,8-12H,6-7H2,1-2H3,(H2,30,32). The molecule has 1 aromatic heterocycles. The van der Waals surface area contributed by atoms with Gasteiger partial charge in [0.1, 0.15) is 5.75 Å². The zero-order chi connectivity index (χ0) is 24.6. The number of carbonyl (C=O) groups excluding carboxylic acids is 1. The second-order valence-electron chi connectivity index (χ2n) is 7.44. The van der Waals surface area contributed by atoms with Gasteiger partial charge in [0.2, 0.25) is 0 Å². The number of methoxy groups -OCH3 is 1. The lowest BCUT2D eigenvalue weighted by Crippen LogP contribution is -2.13. The summed E-state index contributed by atoms with van der Waals surface area (Å²) in [5, 5.41) is 0. The van der Waals surface area contributed by atoms with Crippen molar-refractivity contribution in [3.63, 3.8) is 0 Å². The fourth-order valence-corrected chi connectivity index (χ4v) is 3.59.